The normalized spacial score (nSPS) is 12.2. The molecule has 0 spiro atoms. The number of amidine groups is 1. The zero-order valence-electron chi connectivity index (χ0n) is 19.9. The number of aliphatic carboxylic acids is 2. The van der Waals surface area contributed by atoms with Gasteiger partial charge in [0.05, 0.1) is 12.5 Å². The Labute approximate surface area is 209 Å². The van der Waals surface area contributed by atoms with Gasteiger partial charge in [0, 0.05) is 18.4 Å². The summed E-state index contributed by atoms with van der Waals surface area (Å²) in [5.74, 6) is -3.39. The van der Waals surface area contributed by atoms with Gasteiger partial charge in [0.25, 0.3) is 0 Å². The Hall–Kier alpha value is -4.21. The van der Waals surface area contributed by atoms with Crippen molar-refractivity contribution in [3.8, 4) is 0 Å². The average Bonchev–Trinajstić information content (AvgIpc) is 2.84. The van der Waals surface area contributed by atoms with Crippen molar-refractivity contribution < 1.29 is 29.4 Å². The standard InChI is InChI=1S/C26H32N4O6/c27-25(28)19-12-10-17(11-13-19)6-4-5-9-22(31)29-21(16-24(34)35)26(36)30-20(14-15-23(32)33)18-7-2-1-3-8-18/h1-3,7-8,10-13,20-21H,4-6,9,14-16H2,(H3,27,28)(H,29,31)(H,30,36)(H,32,33)(H,34,35)/t20?,21-/m0/s1. The molecule has 0 saturated carbocycles. The first-order valence-electron chi connectivity index (χ1n) is 11.7. The molecule has 0 radical (unpaired) electrons. The van der Waals surface area contributed by atoms with Crippen LogP contribution in [0.5, 0.6) is 0 Å². The Bertz CT molecular complexity index is 1060. The van der Waals surface area contributed by atoms with E-state index in [-0.39, 0.29) is 25.1 Å². The molecular formula is C26H32N4O6. The SMILES string of the molecule is N=C(N)c1ccc(CCCCC(=O)N[C@@H](CC(=O)O)C(=O)NC(CCC(=O)O)c2ccccc2)cc1. The number of amides is 2. The number of rotatable bonds is 15. The summed E-state index contributed by atoms with van der Waals surface area (Å²) in [5.41, 5.74) is 7.80. The molecule has 2 aromatic rings. The van der Waals surface area contributed by atoms with Crippen LogP contribution in [0.1, 0.15) is 61.3 Å². The smallest absolute Gasteiger partial charge is 0.305 e. The number of carbonyl (C=O) groups excluding carboxylic acids is 2. The van der Waals surface area contributed by atoms with Crippen LogP contribution in [0.4, 0.5) is 0 Å². The number of nitrogens with two attached hydrogens (primary N) is 1. The van der Waals surface area contributed by atoms with Crippen LogP contribution in [-0.2, 0) is 25.6 Å². The quantitative estimate of drug-likeness (QED) is 0.124. The Morgan fingerprint density at radius 2 is 1.53 bits per heavy atom. The van der Waals surface area contributed by atoms with Crippen LogP contribution in [-0.4, -0.2) is 45.8 Å². The lowest BCUT2D eigenvalue weighted by Gasteiger charge is -2.23. The van der Waals surface area contributed by atoms with Gasteiger partial charge in [0.2, 0.25) is 11.8 Å². The van der Waals surface area contributed by atoms with Crippen molar-refractivity contribution in [3.05, 3.63) is 71.3 Å². The number of unbranched alkanes of at least 4 members (excludes halogenated alkanes) is 1. The third-order valence-electron chi connectivity index (χ3n) is 5.58. The third-order valence-corrected chi connectivity index (χ3v) is 5.58. The fraction of sp³-hybridized carbons (Fsp3) is 0.346. The molecule has 0 aliphatic carbocycles. The molecular weight excluding hydrogens is 464 g/mol. The van der Waals surface area contributed by atoms with Crippen molar-refractivity contribution in [2.75, 3.05) is 0 Å². The minimum Gasteiger partial charge on any atom is -0.481 e. The first kappa shape index (κ1) is 28.0. The van der Waals surface area contributed by atoms with Crippen LogP contribution in [0.2, 0.25) is 0 Å². The number of carboxylic acids is 2. The summed E-state index contributed by atoms with van der Waals surface area (Å²) < 4.78 is 0. The molecule has 36 heavy (non-hydrogen) atoms. The van der Waals surface area contributed by atoms with Gasteiger partial charge in [-0.15, -0.1) is 0 Å². The molecule has 10 heteroatoms. The predicted octanol–water partition coefficient (Wildman–Crippen LogP) is 2.37. The third kappa shape index (κ3) is 9.96. The van der Waals surface area contributed by atoms with E-state index in [1.54, 1.807) is 42.5 Å². The number of nitrogens with one attached hydrogen (secondary N) is 3. The van der Waals surface area contributed by atoms with E-state index < -0.39 is 42.3 Å². The van der Waals surface area contributed by atoms with Crippen molar-refractivity contribution in [1.29, 1.82) is 5.41 Å². The number of nitrogen functional groups attached to an aromatic ring is 1. The van der Waals surface area contributed by atoms with Crippen LogP contribution in [0.3, 0.4) is 0 Å². The summed E-state index contributed by atoms with van der Waals surface area (Å²) in [5, 5.41) is 30.9. The van der Waals surface area contributed by atoms with E-state index >= 15 is 0 Å². The monoisotopic (exact) mass is 496 g/mol. The highest BCUT2D eigenvalue weighted by Gasteiger charge is 2.26. The largest absolute Gasteiger partial charge is 0.481 e. The molecule has 2 atom stereocenters. The van der Waals surface area contributed by atoms with E-state index in [9.17, 15) is 24.3 Å². The fourth-order valence-electron chi connectivity index (χ4n) is 3.66. The van der Waals surface area contributed by atoms with E-state index in [0.717, 1.165) is 5.56 Å². The van der Waals surface area contributed by atoms with Crippen LogP contribution in [0, 0.1) is 5.41 Å². The zero-order valence-corrected chi connectivity index (χ0v) is 19.9. The van der Waals surface area contributed by atoms with Gasteiger partial charge in [0.15, 0.2) is 0 Å². The summed E-state index contributed by atoms with van der Waals surface area (Å²) in [6, 6.07) is 14.1. The van der Waals surface area contributed by atoms with E-state index in [4.69, 9.17) is 16.2 Å². The first-order valence-corrected chi connectivity index (χ1v) is 11.7. The molecule has 2 aromatic carbocycles. The molecule has 0 bridgehead atoms. The molecule has 0 saturated heterocycles. The first-order chi connectivity index (χ1) is 17.2. The molecule has 0 heterocycles. The average molecular weight is 497 g/mol. The van der Waals surface area contributed by atoms with Crippen molar-refractivity contribution in [2.45, 2.75) is 57.0 Å². The lowest BCUT2D eigenvalue weighted by atomic mass is 10.0. The summed E-state index contributed by atoms with van der Waals surface area (Å²) in [6.07, 6.45) is 1.41. The number of carboxylic acid groups (broad SMARTS) is 2. The minimum absolute atomic E-state index is 0.00449. The number of carbonyl (C=O) groups is 4. The number of hydrogen-bond acceptors (Lipinski definition) is 5. The molecule has 0 aliphatic rings. The lowest BCUT2D eigenvalue weighted by Crippen LogP contribution is -2.48. The van der Waals surface area contributed by atoms with Gasteiger partial charge >= 0.3 is 11.9 Å². The molecule has 0 aliphatic heterocycles. The predicted molar refractivity (Wildman–Crippen MR) is 133 cm³/mol. The highest BCUT2D eigenvalue weighted by atomic mass is 16.4. The Morgan fingerprint density at radius 3 is 2.11 bits per heavy atom. The molecule has 2 rings (SSSR count). The Balaban J connectivity index is 1.91. The van der Waals surface area contributed by atoms with E-state index in [1.165, 1.54) is 0 Å². The molecule has 0 aromatic heterocycles. The molecule has 10 nitrogen and oxygen atoms in total. The highest BCUT2D eigenvalue weighted by molar-refractivity contribution is 5.94. The van der Waals surface area contributed by atoms with Gasteiger partial charge in [-0.25, -0.2) is 0 Å². The summed E-state index contributed by atoms with van der Waals surface area (Å²) >= 11 is 0. The van der Waals surface area contributed by atoms with Crippen molar-refractivity contribution >= 4 is 29.6 Å². The van der Waals surface area contributed by atoms with Gasteiger partial charge in [-0.3, -0.25) is 24.6 Å². The lowest BCUT2D eigenvalue weighted by molar-refractivity contribution is -0.140. The molecule has 0 fully saturated rings. The van der Waals surface area contributed by atoms with Crippen LogP contribution in [0.15, 0.2) is 54.6 Å². The maximum Gasteiger partial charge on any atom is 0.305 e. The van der Waals surface area contributed by atoms with Crippen LogP contribution >= 0.6 is 0 Å². The Kier molecular flexibility index (Phi) is 11.1. The Morgan fingerprint density at radius 1 is 0.861 bits per heavy atom. The summed E-state index contributed by atoms with van der Waals surface area (Å²) in [6.45, 7) is 0. The van der Waals surface area contributed by atoms with Gasteiger partial charge in [0.1, 0.15) is 11.9 Å². The molecule has 2 amide bonds. The fourth-order valence-corrected chi connectivity index (χ4v) is 3.66. The maximum absolute atomic E-state index is 12.9. The van der Waals surface area contributed by atoms with Crippen LogP contribution in [0.25, 0.3) is 0 Å². The molecule has 7 N–H and O–H groups in total. The maximum atomic E-state index is 12.9. The van der Waals surface area contributed by atoms with E-state index in [2.05, 4.69) is 10.6 Å². The van der Waals surface area contributed by atoms with Gasteiger partial charge in [-0.1, -0.05) is 54.6 Å². The topological polar surface area (TPSA) is 183 Å². The van der Waals surface area contributed by atoms with Crippen LogP contribution < -0.4 is 16.4 Å². The van der Waals surface area contributed by atoms with Gasteiger partial charge in [-0.2, -0.15) is 0 Å². The second kappa shape index (κ2) is 14.2. The highest BCUT2D eigenvalue weighted by Crippen LogP contribution is 2.19. The van der Waals surface area contributed by atoms with E-state index in [0.29, 0.717) is 30.4 Å². The molecule has 1 unspecified atom stereocenters. The summed E-state index contributed by atoms with van der Waals surface area (Å²) in [4.78, 5) is 47.7. The second-order valence-electron chi connectivity index (χ2n) is 8.44. The van der Waals surface area contributed by atoms with Crippen molar-refractivity contribution in [2.24, 2.45) is 5.73 Å². The molecule has 192 valence electrons. The summed E-state index contributed by atoms with van der Waals surface area (Å²) in [7, 11) is 0. The van der Waals surface area contributed by atoms with Gasteiger partial charge in [-0.05, 0) is 36.8 Å². The van der Waals surface area contributed by atoms with Gasteiger partial charge < -0.3 is 26.6 Å². The zero-order chi connectivity index (χ0) is 26.5. The van der Waals surface area contributed by atoms with E-state index in [1.807, 2.05) is 12.1 Å². The number of hydrogen-bond donors (Lipinski definition) is 6. The second-order valence-corrected chi connectivity index (χ2v) is 8.44. The number of benzene rings is 2. The minimum atomic E-state index is -1.29. The van der Waals surface area contributed by atoms with Crippen molar-refractivity contribution in [3.63, 3.8) is 0 Å². The van der Waals surface area contributed by atoms with Crippen molar-refractivity contribution in [1.82, 2.24) is 10.6 Å². The number of aryl methyl sites for hydroxylation is 1.